The van der Waals surface area contributed by atoms with E-state index in [9.17, 15) is 8.42 Å². The molecule has 1 saturated carbocycles. The lowest BCUT2D eigenvalue weighted by Crippen LogP contribution is -2.33. The van der Waals surface area contributed by atoms with E-state index < -0.39 is 15.1 Å². The second-order valence-electron chi connectivity index (χ2n) is 3.95. The summed E-state index contributed by atoms with van der Waals surface area (Å²) in [5, 5.41) is 8.51. The molecule has 0 saturated heterocycles. The Labute approximate surface area is 80.1 Å². The second kappa shape index (κ2) is 4.42. The minimum absolute atomic E-state index is 0.189. The fourth-order valence-corrected chi connectivity index (χ4v) is 3.38. The molecule has 0 radical (unpaired) electrons. The molecule has 0 heterocycles. The van der Waals surface area contributed by atoms with E-state index in [1.807, 2.05) is 0 Å². The summed E-state index contributed by atoms with van der Waals surface area (Å²) in [7, 11) is -3.06. The first-order valence-electron chi connectivity index (χ1n) is 4.85. The molecule has 0 aromatic carbocycles. The van der Waals surface area contributed by atoms with Crippen molar-refractivity contribution in [2.75, 3.05) is 12.9 Å². The topological polar surface area (TPSA) is 54.4 Å². The Hall–Kier alpha value is -0.0900. The van der Waals surface area contributed by atoms with Crippen LogP contribution < -0.4 is 0 Å². The van der Waals surface area contributed by atoms with Crippen molar-refractivity contribution < 1.29 is 13.5 Å². The van der Waals surface area contributed by atoms with Crippen LogP contribution in [0.25, 0.3) is 0 Å². The molecule has 0 bridgehead atoms. The minimum Gasteiger partial charge on any atom is -0.395 e. The predicted molar refractivity (Wildman–Crippen MR) is 52.3 cm³/mol. The van der Waals surface area contributed by atoms with Crippen molar-refractivity contribution in [3.63, 3.8) is 0 Å². The molecular formula is C9H18O3S. The van der Waals surface area contributed by atoms with Gasteiger partial charge in [-0.05, 0) is 18.8 Å². The maximum Gasteiger partial charge on any atom is 0.152 e. The molecule has 1 N–H and O–H groups in total. The highest BCUT2D eigenvalue weighted by Gasteiger charge is 2.30. The van der Waals surface area contributed by atoms with E-state index in [2.05, 4.69) is 0 Å². The molecule has 1 fully saturated rings. The van der Waals surface area contributed by atoms with Crippen LogP contribution in [0.2, 0.25) is 0 Å². The average molecular weight is 206 g/mol. The van der Waals surface area contributed by atoms with Gasteiger partial charge in [-0.15, -0.1) is 0 Å². The predicted octanol–water partition coefficient (Wildman–Crippen LogP) is 0.972. The van der Waals surface area contributed by atoms with Gasteiger partial charge in [0.15, 0.2) is 9.84 Å². The normalized spacial score (nSPS) is 22.9. The highest BCUT2D eigenvalue weighted by atomic mass is 32.2. The van der Waals surface area contributed by atoms with E-state index in [0.717, 1.165) is 25.7 Å². The van der Waals surface area contributed by atoms with Gasteiger partial charge in [0.1, 0.15) is 0 Å². The standard InChI is InChI=1S/C9H18O3S/c1-13(11,12)9(7-10)8-5-3-2-4-6-8/h8-10H,2-7H2,1H3/t9-/m0/s1. The highest BCUT2D eigenvalue weighted by molar-refractivity contribution is 7.91. The smallest absolute Gasteiger partial charge is 0.152 e. The Morgan fingerprint density at radius 3 is 2.23 bits per heavy atom. The molecule has 1 aliphatic rings. The molecule has 13 heavy (non-hydrogen) atoms. The van der Waals surface area contributed by atoms with Crippen LogP contribution in [-0.4, -0.2) is 31.6 Å². The third-order valence-corrected chi connectivity index (χ3v) is 4.54. The van der Waals surface area contributed by atoms with Crippen LogP contribution in [0, 0.1) is 5.92 Å². The first-order chi connectivity index (χ1) is 6.05. The van der Waals surface area contributed by atoms with Gasteiger partial charge in [0.05, 0.1) is 11.9 Å². The zero-order valence-corrected chi connectivity index (χ0v) is 8.89. The Morgan fingerprint density at radius 1 is 1.31 bits per heavy atom. The average Bonchev–Trinajstić information content (AvgIpc) is 2.05. The molecule has 0 aromatic heterocycles. The van der Waals surface area contributed by atoms with E-state index >= 15 is 0 Å². The summed E-state index contributed by atoms with van der Waals surface area (Å²) in [6, 6.07) is 0. The molecule has 0 aromatic rings. The summed E-state index contributed by atoms with van der Waals surface area (Å²) in [6.45, 7) is -0.219. The fourth-order valence-electron chi connectivity index (χ4n) is 2.14. The van der Waals surface area contributed by atoms with E-state index in [4.69, 9.17) is 5.11 Å². The van der Waals surface area contributed by atoms with Crippen molar-refractivity contribution in [2.45, 2.75) is 37.4 Å². The zero-order chi connectivity index (χ0) is 9.90. The molecule has 0 unspecified atom stereocenters. The highest BCUT2D eigenvalue weighted by Crippen LogP contribution is 2.29. The summed E-state index contributed by atoms with van der Waals surface area (Å²) in [5.41, 5.74) is 0. The molecule has 3 nitrogen and oxygen atoms in total. The first-order valence-corrected chi connectivity index (χ1v) is 6.81. The van der Waals surface area contributed by atoms with Gasteiger partial charge in [0, 0.05) is 6.26 Å². The van der Waals surface area contributed by atoms with Crippen LogP contribution in [0.15, 0.2) is 0 Å². The third kappa shape index (κ3) is 2.95. The van der Waals surface area contributed by atoms with Gasteiger partial charge in [-0.25, -0.2) is 8.42 Å². The summed E-state index contributed by atoms with van der Waals surface area (Å²) in [5.74, 6) is 0.189. The van der Waals surface area contributed by atoms with Crippen molar-refractivity contribution >= 4 is 9.84 Å². The number of rotatable bonds is 3. The van der Waals surface area contributed by atoms with E-state index in [1.54, 1.807) is 0 Å². The lowest BCUT2D eigenvalue weighted by Gasteiger charge is -2.27. The van der Waals surface area contributed by atoms with E-state index in [-0.39, 0.29) is 12.5 Å². The van der Waals surface area contributed by atoms with Crippen LogP contribution in [-0.2, 0) is 9.84 Å². The molecular weight excluding hydrogens is 188 g/mol. The molecule has 0 spiro atoms. The Balaban J connectivity index is 2.65. The zero-order valence-electron chi connectivity index (χ0n) is 8.07. The Kier molecular flexibility index (Phi) is 3.74. The first kappa shape index (κ1) is 11.0. The molecule has 0 amide bonds. The molecule has 1 rings (SSSR count). The summed E-state index contributed by atoms with van der Waals surface area (Å²) < 4.78 is 22.6. The van der Waals surface area contributed by atoms with Crippen LogP contribution in [0.3, 0.4) is 0 Å². The van der Waals surface area contributed by atoms with Gasteiger partial charge in [0.25, 0.3) is 0 Å². The van der Waals surface area contributed by atoms with Crippen molar-refractivity contribution in [3.8, 4) is 0 Å². The molecule has 1 aliphatic carbocycles. The SMILES string of the molecule is CS(=O)(=O)[C@@H](CO)C1CCCCC1. The molecule has 78 valence electrons. The van der Waals surface area contributed by atoms with Gasteiger partial charge < -0.3 is 5.11 Å². The van der Waals surface area contributed by atoms with Crippen LogP contribution >= 0.6 is 0 Å². The summed E-state index contributed by atoms with van der Waals surface area (Å²) >= 11 is 0. The van der Waals surface area contributed by atoms with E-state index in [0.29, 0.717) is 0 Å². The lowest BCUT2D eigenvalue weighted by molar-refractivity contribution is 0.233. The minimum atomic E-state index is -3.06. The van der Waals surface area contributed by atoms with Crippen LogP contribution in [0.1, 0.15) is 32.1 Å². The van der Waals surface area contributed by atoms with Crippen LogP contribution in [0.4, 0.5) is 0 Å². The van der Waals surface area contributed by atoms with Crippen molar-refractivity contribution in [1.29, 1.82) is 0 Å². The number of aliphatic hydroxyl groups is 1. The van der Waals surface area contributed by atoms with Crippen molar-refractivity contribution in [1.82, 2.24) is 0 Å². The largest absolute Gasteiger partial charge is 0.395 e. The number of hydrogen-bond donors (Lipinski definition) is 1. The maximum atomic E-state index is 11.3. The van der Waals surface area contributed by atoms with E-state index in [1.165, 1.54) is 12.7 Å². The van der Waals surface area contributed by atoms with Gasteiger partial charge in [0.2, 0.25) is 0 Å². The summed E-state index contributed by atoms with van der Waals surface area (Å²) in [6.07, 6.45) is 6.56. The van der Waals surface area contributed by atoms with Gasteiger partial charge in [-0.3, -0.25) is 0 Å². The van der Waals surface area contributed by atoms with Crippen molar-refractivity contribution in [3.05, 3.63) is 0 Å². The fraction of sp³-hybridized carbons (Fsp3) is 1.00. The number of hydrogen-bond acceptors (Lipinski definition) is 3. The third-order valence-electron chi connectivity index (χ3n) is 2.91. The molecule has 4 heteroatoms. The monoisotopic (exact) mass is 206 g/mol. The maximum absolute atomic E-state index is 11.3. The van der Waals surface area contributed by atoms with Gasteiger partial charge in [-0.1, -0.05) is 19.3 Å². The van der Waals surface area contributed by atoms with Crippen molar-refractivity contribution in [2.24, 2.45) is 5.92 Å². The number of sulfone groups is 1. The molecule has 0 aliphatic heterocycles. The number of aliphatic hydroxyl groups excluding tert-OH is 1. The lowest BCUT2D eigenvalue weighted by atomic mass is 9.87. The Morgan fingerprint density at radius 2 is 1.85 bits per heavy atom. The Bertz CT molecular complexity index is 240. The summed E-state index contributed by atoms with van der Waals surface area (Å²) in [4.78, 5) is 0. The molecule has 1 atom stereocenters. The van der Waals surface area contributed by atoms with Crippen LogP contribution in [0.5, 0.6) is 0 Å². The van der Waals surface area contributed by atoms with Gasteiger partial charge >= 0.3 is 0 Å². The second-order valence-corrected chi connectivity index (χ2v) is 6.21. The quantitative estimate of drug-likeness (QED) is 0.748. The van der Waals surface area contributed by atoms with Gasteiger partial charge in [-0.2, -0.15) is 0 Å².